The van der Waals surface area contributed by atoms with Crippen molar-refractivity contribution in [3.05, 3.63) is 11.1 Å². The first-order valence-electron chi connectivity index (χ1n) is 8.68. The first kappa shape index (κ1) is 16.8. The summed E-state index contributed by atoms with van der Waals surface area (Å²) in [6.45, 7) is 10.2. The lowest BCUT2D eigenvalue weighted by molar-refractivity contribution is 0.435. The maximum absolute atomic E-state index is 4.88. The average Bonchev–Trinajstić information content (AvgIpc) is 2.87. The molecule has 0 aliphatic carbocycles. The van der Waals surface area contributed by atoms with Crippen LogP contribution in [-0.2, 0) is 0 Å². The van der Waals surface area contributed by atoms with Gasteiger partial charge in [0.1, 0.15) is 0 Å². The van der Waals surface area contributed by atoms with E-state index >= 15 is 0 Å². The fraction of sp³-hybridized carbons (Fsp3) is 0.824. The fourth-order valence-electron chi connectivity index (χ4n) is 3.14. The summed E-state index contributed by atoms with van der Waals surface area (Å²) in [6.07, 6.45) is 7.96. The molecule has 1 N–H and O–H groups in total. The van der Waals surface area contributed by atoms with Gasteiger partial charge in [0, 0.05) is 24.5 Å². The molecule has 1 aliphatic rings. The summed E-state index contributed by atoms with van der Waals surface area (Å²) in [6, 6.07) is 0.370. The third-order valence-electron chi connectivity index (χ3n) is 4.47. The number of hydrogen-bond donors (Lipinski definition) is 1. The second-order valence-electron chi connectivity index (χ2n) is 6.30. The van der Waals surface area contributed by atoms with Gasteiger partial charge in [-0.1, -0.05) is 26.7 Å². The number of anilines is 1. The number of hydrogen-bond acceptors (Lipinski definition) is 4. The highest BCUT2D eigenvalue weighted by Crippen LogP contribution is 2.29. The van der Waals surface area contributed by atoms with Crippen molar-refractivity contribution in [2.45, 2.75) is 65.3 Å². The molecule has 4 heteroatoms. The summed E-state index contributed by atoms with van der Waals surface area (Å²) in [5, 5.41) is 6.99. The van der Waals surface area contributed by atoms with E-state index in [1.54, 1.807) is 0 Å². The van der Waals surface area contributed by atoms with Crippen LogP contribution in [-0.4, -0.2) is 24.6 Å². The standard InChI is InChI=1S/C17H31N3S/c1-4-7-15-8-6-11-20(12-9-15)17-19-16(13-21-17)14(3)18-10-5-2/h13-15,18H,4-12H2,1-3H3. The van der Waals surface area contributed by atoms with Crippen LogP contribution < -0.4 is 10.2 Å². The van der Waals surface area contributed by atoms with Crippen LogP contribution in [0, 0.1) is 5.92 Å². The summed E-state index contributed by atoms with van der Waals surface area (Å²) < 4.78 is 0. The van der Waals surface area contributed by atoms with Crippen LogP contribution in [0.2, 0.25) is 0 Å². The molecule has 2 atom stereocenters. The maximum atomic E-state index is 4.88. The number of nitrogens with zero attached hydrogens (tertiary/aromatic N) is 2. The predicted octanol–water partition coefficient (Wildman–Crippen LogP) is 4.61. The van der Waals surface area contributed by atoms with Crippen LogP contribution in [0.4, 0.5) is 5.13 Å². The highest BCUT2D eigenvalue weighted by molar-refractivity contribution is 7.13. The van der Waals surface area contributed by atoms with Gasteiger partial charge in [0.15, 0.2) is 5.13 Å². The Balaban J connectivity index is 1.91. The van der Waals surface area contributed by atoms with E-state index in [0.717, 1.165) is 12.5 Å². The normalized spacial score (nSPS) is 21.3. The Bertz CT molecular complexity index is 404. The molecule has 1 aromatic rings. The zero-order valence-electron chi connectivity index (χ0n) is 13.9. The molecular formula is C17H31N3S. The molecule has 1 fully saturated rings. The molecular weight excluding hydrogens is 278 g/mol. The monoisotopic (exact) mass is 309 g/mol. The third-order valence-corrected chi connectivity index (χ3v) is 5.39. The first-order valence-corrected chi connectivity index (χ1v) is 9.56. The van der Waals surface area contributed by atoms with Gasteiger partial charge in [-0.2, -0.15) is 0 Å². The van der Waals surface area contributed by atoms with Crippen molar-refractivity contribution in [1.29, 1.82) is 0 Å². The third kappa shape index (κ3) is 4.96. The van der Waals surface area contributed by atoms with Gasteiger partial charge in [-0.3, -0.25) is 0 Å². The number of rotatable bonds is 7. The Kier molecular flexibility index (Phi) is 6.97. The van der Waals surface area contributed by atoms with Crippen molar-refractivity contribution in [1.82, 2.24) is 10.3 Å². The lowest BCUT2D eigenvalue weighted by Crippen LogP contribution is -2.24. The fourth-order valence-corrected chi connectivity index (χ4v) is 4.11. The summed E-state index contributed by atoms with van der Waals surface area (Å²) in [7, 11) is 0. The molecule has 1 saturated heterocycles. The molecule has 2 heterocycles. The SMILES string of the molecule is CCCNC(C)c1csc(N2CCCC(CCC)CC2)n1. The van der Waals surface area contributed by atoms with Gasteiger partial charge in [0.25, 0.3) is 0 Å². The van der Waals surface area contributed by atoms with E-state index in [1.165, 1.54) is 62.4 Å². The van der Waals surface area contributed by atoms with Gasteiger partial charge in [-0.25, -0.2) is 4.98 Å². The zero-order valence-corrected chi connectivity index (χ0v) is 14.7. The van der Waals surface area contributed by atoms with Gasteiger partial charge in [0.2, 0.25) is 0 Å². The second-order valence-corrected chi connectivity index (χ2v) is 7.14. The van der Waals surface area contributed by atoms with Gasteiger partial charge < -0.3 is 10.2 Å². The average molecular weight is 310 g/mol. The maximum Gasteiger partial charge on any atom is 0.185 e. The number of thiazole rings is 1. The van der Waals surface area contributed by atoms with Crippen LogP contribution >= 0.6 is 11.3 Å². The summed E-state index contributed by atoms with van der Waals surface area (Å²) in [5.41, 5.74) is 1.21. The van der Waals surface area contributed by atoms with Gasteiger partial charge in [-0.15, -0.1) is 11.3 Å². The van der Waals surface area contributed by atoms with E-state index in [9.17, 15) is 0 Å². The van der Waals surface area contributed by atoms with E-state index in [2.05, 4.69) is 36.4 Å². The Morgan fingerprint density at radius 3 is 2.95 bits per heavy atom. The van der Waals surface area contributed by atoms with Crippen molar-refractivity contribution in [3.63, 3.8) is 0 Å². The van der Waals surface area contributed by atoms with E-state index < -0.39 is 0 Å². The Morgan fingerprint density at radius 2 is 2.19 bits per heavy atom. The van der Waals surface area contributed by atoms with E-state index in [1.807, 2.05) is 11.3 Å². The Labute approximate surface area is 134 Å². The largest absolute Gasteiger partial charge is 0.348 e. The topological polar surface area (TPSA) is 28.2 Å². The second kappa shape index (κ2) is 8.74. The van der Waals surface area contributed by atoms with Gasteiger partial charge in [0.05, 0.1) is 5.69 Å². The first-order chi connectivity index (χ1) is 10.2. The molecule has 1 aliphatic heterocycles. The Morgan fingerprint density at radius 1 is 1.33 bits per heavy atom. The van der Waals surface area contributed by atoms with Crippen molar-refractivity contribution in [3.8, 4) is 0 Å². The molecule has 1 aromatic heterocycles. The highest BCUT2D eigenvalue weighted by atomic mass is 32.1. The zero-order chi connectivity index (χ0) is 15.1. The lowest BCUT2D eigenvalue weighted by atomic mass is 9.96. The smallest absolute Gasteiger partial charge is 0.185 e. The lowest BCUT2D eigenvalue weighted by Gasteiger charge is -2.19. The molecule has 0 spiro atoms. The number of nitrogens with one attached hydrogen (secondary N) is 1. The summed E-state index contributed by atoms with van der Waals surface area (Å²) in [5.74, 6) is 0.935. The minimum atomic E-state index is 0.370. The van der Waals surface area contributed by atoms with Crippen LogP contribution in [0.15, 0.2) is 5.38 Å². The quantitative estimate of drug-likeness (QED) is 0.797. The Hall–Kier alpha value is -0.610. The van der Waals surface area contributed by atoms with Crippen molar-refractivity contribution < 1.29 is 0 Å². The van der Waals surface area contributed by atoms with Crippen molar-refractivity contribution in [2.24, 2.45) is 5.92 Å². The van der Waals surface area contributed by atoms with Crippen LogP contribution in [0.3, 0.4) is 0 Å². The molecule has 120 valence electrons. The van der Waals surface area contributed by atoms with Crippen LogP contribution in [0.25, 0.3) is 0 Å². The molecule has 0 aromatic carbocycles. The molecule has 3 nitrogen and oxygen atoms in total. The number of aromatic nitrogens is 1. The highest BCUT2D eigenvalue weighted by Gasteiger charge is 2.19. The molecule has 21 heavy (non-hydrogen) atoms. The molecule has 0 saturated carbocycles. The van der Waals surface area contributed by atoms with Crippen LogP contribution in [0.5, 0.6) is 0 Å². The molecule has 2 rings (SSSR count). The minimum absolute atomic E-state index is 0.370. The van der Waals surface area contributed by atoms with Crippen molar-refractivity contribution in [2.75, 3.05) is 24.5 Å². The molecule has 0 bridgehead atoms. The minimum Gasteiger partial charge on any atom is -0.348 e. The predicted molar refractivity (Wildman–Crippen MR) is 93.3 cm³/mol. The van der Waals surface area contributed by atoms with E-state index in [0.29, 0.717) is 6.04 Å². The van der Waals surface area contributed by atoms with Crippen molar-refractivity contribution >= 4 is 16.5 Å². The van der Waals surface area contributed by atoms with Gasteiger partial charge >= 0.3 is 0 Å². The summed E-state index contributed by atoms with van der Waals surface area (Å²) in [4.78, 5) is 7.39. The van der Waals surface area contributed by atoms with Crippen LogP contribution in [0.1, 0.15) is 71.0 Å². The van der Waals surface area contributed by atoms with Gasteiger partial charge in [-0.05, 0) is 45.1 Å². The van der Waals surface area contributed by atoms with E-state index in [4.69, 9.17) is 4.98 Å². The van der Waals surface area contributed by atoms with E-state index in [-0.39, 0.29) is 0 Å². The summed E-state index contributed by atoms with van der Waals surface area (Å²) >= 11 is 1.82. The molecule has 0 radical (unpaired) electrons. The molecule has 0 amide bonds. The molecule has 2 unspecified atom stereocenters.